The van der Waals surface area contributed by atoms with Crippen LogP contribution in [0.15, 0.2) is 5.16 Å². The summed E-state index contributed by atoms with van der Waals surface area (Å²) in [6.07, 6.45) is 6.00. The van der Waals surface area contributed by atoms with Crippen molar-refractivity contribution < 1.29 is 5.21 Å². The van der Waals surface area contributed by atoms with E-state index in [4.69, 9.17) is 10.9 Å². The molecule has 0 aromatic heterocycles. The van der Waals surface area contributed by atoms with Gasteiger partial charge < -0.3 is 16.3 Å². The molecular weight excluding hydrogens is 214 g/mol. The van der Waals surface area contributed by atoms with Crippen LogP contribution in [-0.4, -0.2) is 23.6 Å². The summed E-state index contributed by atoms with van der Waals surface area (Å²) in [5.74, 6) is 1.25. The Balaban J connectivity index is 2.06. The summed E-state index contributed by atoms with van der Waals surface area (Å²) in [6.45, 7) is 7.38. The van der Waals surface area contributed by atoms with E-state index in [1.165, 1.54) is 12.8 Å². The molecule has 4 N–H and O–H groups in total. The van der Waals surface area contributed by atoms with Gasteiger partial charge in [0.05, 0.1) is 0 Å². The molecule has 0 saturated heterocycles. The highest BCUT2D eigenvalue weighted by molar-refractivity contribution is 5.85. The Kier molecular flexibility index (Phi) is 5.25. The number of hydrogen-bond donors (Lipinski definition) is 3. The lowest BCUT2D eigenvalue weighted by Crippen LogP contribution is -2.32. The normalized spacial score (nSPS) is 19.4. The maximum Gasteiger partial charge on any atom is 0.144 e. The van der Waals surface area contributed by atoms with Crippen LogP contribution in [0.5, 0.6) is 0 Å². The smallest absolute Gasteiger partial charge is 0.144 e. The Morgan fingerprint density at radius 1 is 1.47 bits per heavy atom. The van der Waals surface area contributed by atoms with Gasteiger partial charge in [-0.25, -0.2) is 0 Å². The fourth-order valence-corrected chi connectivity index (χ4v) is 2.05. The summed E-state index contributed by atoms with van der Waals surface area (Å²) in [5, 5.41) is 15.3. The molecule has 0 bridgehead atoms. The molecular formula is C13H27N3O. The zero-order valence-corrected chi connectivity index (χ0v) is 11.4. The second-order valence-corrected chi connectivity index (χ2v) is 5.91. The third kappa shape index (κ3) is 4.94. The van der Waals surface area contributed by atoms with Gasteiger partial charge in [0.1, 0.15) is 5.84 Å². The molecule has 100 valence electrons. The number of unbranched alkanes of at least 4 members (excludes halogenated alkanes) is 1. The van der Waals surface area contributed by atoms with Crippen molar-refractivity contribution in [2.75, 3.05) is 6.54 Å². The van der Waals surface area contributed by atoms with Gasteiger partial charge in [0.2, 0.25) is 0 Å². The van der Waals surface area contributed by atoms with E-state index in [0.29, 0.717) is 11.9 Å². The van der Waals surface area contributed by atoms with Crippen LogP contribution in [0.3, 0.4) is 0 Å². The molecule has 0 aromatic rings. The predicted octanol–water partition coefficient (Wildman–Crippen LogP) is 2.32. The quantitative estimate of drug-likeness (QED) is 0.201. The van der Waals surface area contributed by atoms with Crippen LogP contribution in [0.2, 0.25) is 0 Å². The van der Waals surface area contributed by atoms with Gasteiger partial charge >= 0.3 is 0 Å². The Morgan fingerprint density at radius 3 is 2.65 bits per heavy atom. The molecule has 1 rings (SSSR count). The fourth-order valence-electron chi connectivity index (χ4n) is 2.05. The maximum absolute atomic E-state index is 8.66. The van der Waals surface area contributed by atoms with Gasteiger partial charge in [-0.1, -0.05) is 25.4 Å². The zero-order chi connectivity index (χ0) is 12.9. The van der Waals surface area contributed by atoms with Crippen LogP contribution in [0.25, 0.3) is 0 Å². The van der Waals surface area contributed by atoms with E-state index in [0.717, 1.165) is 31.7 Å². The second kappa shape index (κ2) is 6.24. The summed E-state index contributed by atoms with van der Waals surface area (Å²) in [4.78, 5) is 0. The van der Waals surface area contributed by atoms with Crippen LogP contribution in [-0.2, 0) is 0 Å². The fraction of sp³-hybridized carbons (Fsp3) is 0.923. The van der Waals surface area contributed by atoms with Crippen molar-refractivity contribution in [2.45, 2.75) is 58.9 Å². The lowest BCUT2D eigenvalue weighted by molar-refractivity contribution is 0.304. The number of amidine groups is 1. The first-order valence-electron chi connectivity index (χ1n) is 6.69. The summed E-state index contributed by atoms with van der Waals surface area (Å²) in [7, 11) is 0. The minimum absolute atomic E-state index is 0.198. The van der Waals surface area contributed by atoms with Crippen molar-refractivity contribution in [3.8, 4) is 0 Å². The molecule has 1 aliphatic carbocycles. The highest BCUT2D eigenvalue weighted by Gasteiger charge is 2.27. The number of rotatable bonds is 8. The second-order valence-electron chi connectivity index (χ2n) is 5.91. The average Bonchev–Trinajstić information content (AvgIpc) is 3.10. The lowest BCUT2D eigenvalue weighted by atomic mass is 9.86. The standard InChI is InChI=1S/C13H27N3O/c1-10(11-6-7-11)15-9-5-4-8-13(2,3)12(14)16-17/h10-11,15,17H,4-9H2,1-3H3,(H2,14,16). The van der Waals surface area contributed by atoms with Crippen molar-refractivity contribution in [1.82, 2.24) is 5.32 Å². The van der Waals surface area contributed by atoms with E-state index in [1.807, 2.05) is 13.8 Å². The van der Waals surface area contributed by atoms with Crippen molar-refractivity contribution in [3.63, 3.8) is 0 Å². The Bertz CT molecular complexity index is 259. The van der Waals surface area contributed by atoms with Crippen LogP contribution in [0.4, 0.5) is 0 Å². The van der Waals surface area contributed by atoms with Crippen LogP contribution >= 0.6 is 0 Å². The third-order valence-electron chi connectivity index (χ3n) is 3.83. The Labute approximate surface area is 105 Å². The molecule has 0 aliphatic heterocycles. The molecule has 1 aliphatic rings. The lowest BCUT2D eigenvalue weighted by Gasteiger charge is -2.22. The highest BCUT2D eigenvalue weighted by Crippen LogP contribution is 2.32. The van der Waals surface area contributed by atoms with Crippen molar-refractivity contribution in [2.24, 2.45) is 22.2 Å². The number of nitrogens with one attached hydrogen (secondary N) is 1. The van der Waals surface area contributed by atoms with Gasteiger partial charge in [-0.3, -0.25) is 0 Å². The monoisotopic (exact) mass is 241 g/mol. The van der Waals surface area contributed by atoms with Crippen LogP contribution in [0, 0.1) is 11.3 Å². The van der Waals surface area contributed by atoms with E-state index in [2.05, 4.69) is 17.4 Å². The molecule has 0 aromatic carbocycles. The SMILES string of the molecule is CC(NCCCCC(C)(C)C(N)=NO)C1CC1. The molecule has 17 heavy (non-hydrogen) atoms. The third-order valence-corrected chi connectivity index (χ3v) is 3.83. The molecule has 0 spiro atoms. The van der Waals surface area contributed by atoms with Crippen molar-refractivity contribution >= 4 is 5.84 Å². The molecule has 1 saturated carbocycles. The van der Waals surface area contributed by atoms with Gasteiger partial charge in [0.25, 0.3) is 0 Å². The molecule has 4 nitrogen and oxygen atoms in total. The Morgan fingerprint density at radius 2 is 2.12 bits per heavy atom. The average molecular weight is 241 g/mol. The van der Waals surface area contributed by atoms with Gasteiger partial charge in [0, 0.05) is 11.5 Å². The molecule has 0 radical (unpaired) electrons. The van der Waals surface area contributed by atoms with E-state index in [9.17, 15) is 0 Å². The first kappa shape index (κ1) is 14.3. The van der Waals surface area contributed by atoms with E-state index < -0.39 is 0 Å². The van der Waals surface area contributed by atoms with Crippen molar-refractivity contribution in [3.05, 3.63) is 0 Å². The summed E-state index contributed by atoms with van der Waals surface area (Å²) in [6, 6.07) is 0.673. The van der Waals surface area contributed by atoms with E-state index >= 15 is 0 Å². The van der Waals surface area contributed by atoms with E-state index in [-0.39, 0.29) is 5.41 Å². The summed E-state index contributed by atoms with van der Waals surface area (Å²) < 4.78 is 0. The minimum atomic E-state index is -0.198. The molecule has 1 unspecified atom stereocenters. The number of oxime groups is 1. The Hall–Kier alpha value is -0.770. The van der Waals surface area contributed by atoms with Crippen molar-refractivity contribution in [1.29, 1.82) is 0 Å². The minimum Gasteiger partial charge on any atom is -0.409 e. The molecule has 0 amide bonds. The number of nitrogens with two attached hydrogens (primary N) is 1. The van der Waals surface area contributed by atoms with E-state index in [1.54, 1.807) is 0 Å². The van der Waals surface area contributed by atoms with Gasteiger partial charge in [0.15, 0.2) is 0 Å². The highest BCUT2D eigenvalue weighted by atomic mass is 16.4. The topological polar surface area (TPSA) is 70.6 Å². The predicted molar refractivity (Wildman–Crippen MR) is 71.2 cm³/mol. The number of hydrogen-bond acceptors (Lipinski definition) is 3. The maximum atomic E-state index is 8.66. The van der Waals surface area contributed by atoms with Crippen LogP contribution in [0.1, 0.15) is 52.9 Å². The molecule has 1 atom stereocenters. The molecule has 0 heterocycles. The first-order chi connectivity index (χ1) is 7.97. The van der Waals surface area contributed by atoms with Crippen LogP contribution < -0.4 is 11.1 Å². The molecule has 4 heteroatoms. The zero-order valence-electron chi connectivity index (χ0n) is 11.4. The summed E-state index contributed by atoms with van der Waals surface area (Å²) in [5.41, 5.74) is 5.45. The first-order valence-corrected chi connectivity index (χ1v) is 6.69. The summed E-state index contributed by atoms with van der Waals surface area (Å²) >= 11 is 0. The van der Waals surface area contributed by atoms with Gasteiger partial charge in [-0.2, -0.15) is 0 Å². The molecule has 1 fully saturated rings. The number of nitrogens with zero attached hydrogens (tertiary/aromatic N) is 1. The van der Waals surface area contributed by atoms with Gasteiger partial charge in [-0.05, 0) is 45.1 Å². The largest absolute Gasteiger partial charge is 0.409 e. The van der Waals surface area contributed by atoms with Gasteiger partial charge in [-0.15, -0.1) is 0 Å².